The van der Waals surface area contributed by atoms with Gasteiger partial charge in [0.25, 0.3) is 5.91 Å². The predicted molar refractivity (Wildman–Crippen MR) is 75.2 cm³/mol. The molecule has 3 rings (SSSR count). The van der Waals surface area contributed by atoms with Crippen LogP contribution in [-0.4, -0.2) is 40.9 Å². The van der Waals surface area contributed by atoms with Gasteiger partial charge in [0.05, 0.1) is 12.2 Å². The summed E-state index contributed by atoms with van der Waals surface area (Å²) in [5.74, 6) is -0.250. The topological polar surface area (TPSA) is 80.4 Å². The number of carbonyl (C=O) groups excluding carboxylic acids is 2. The van der Waals surface area contributed by atoms with Gasteiger partial charge in [-0.05, 0) is 31.7 Å². The van der Waals surface area contributed by atoms with E-state index in [1.165, 1.54) is 4.90 Å². The fourth-order valence-electron chi connectivity index (χ4n) is 2.31. The van der Waals surface area contributed by atoms with Gasteiger partial charge in [0.1, 0.15) is 5.69 Å². The summed E-state index contributed by atoms with van der Waals surface area (Å²) in [4.78, 5) is 25.6. The summed E-state index contributed by atoms with van der Waals surface area (Å²) in [5.41, 5.74) is 6.96. The summed E-state index contributed by atoms with van der Waals surface area (Å²) in [6, 6.07) is 2.40. The molecule has 0 unspecified atom stereocenters. The molecule has 0 atom stereocenters. The molecule has 1 heterocycles. The van der Waals surface area contributed by atoms with Crippen LogP contribution in [0.25, 0.3) is 0 Å². The highest BCUT2D eigenvalue weighted by atomic mass is 16.2. The maximum atomic E-state index is 12.4. The Hall–Kier alpha value is -1.98. The Labute approximate surface area is 117 Å². The maximum absolute atomic E-state index is 12.4. The number of hydrogen-bond acceptors (Lipinski definition) is 3. The monoisotopic (exact) mass is 276 g/mol. The zero-order valence-electron chi connectivity index (χ0n) is 11.6. The molecule has 6 heteroatoms. The van der Waals surface area contributed by atoms with Crippen molar-refractivity contribution < 1.29 is 9.59 Å². The first kappa shape index (κ1) is 13.0. The van der Waals surface area contributed by atoms with E-state index in [2.05, 4.69) is 5.32 Å². The van der Waals surface area contributed by atoms with E-state index in [4.69, 9.17) is 5.73 Å². The van der Waals surface area contributed by atoms with Gasteiger partial charge in [-0.1, -0.05) is 0 Å². The van der Waals surface area contributed by atoms with Crippen molar-refractivity contribution in [2.75, 3.05) is 19.3 Å². The lowest BCUT2D eigenvalue weighted by Gasteiger charge is -2.18. The van der Waals surface area contributed by atoms with Gasteiger partial charge in [-0.3, -0.25) is 9.59 Å². The molecule has 2 aliphatic carbocycles. The van der Waals surface area contributed by atoms with E-state index in [0.717, 1.165) is 25.7 Å². The van der Waals surface area contributed by atoms with Gasteiger partial charge in [-0.25, -0.2) is 0 Å². The molecule has 6 nitrogen and oxygen atoms in total. The molecule has 0 radical (unpaired) electrons. The zero-order valence-corrected chi connectivity index (χ0v) is 11.6. The van der Waals surface area contributed by atoms with Crippen molar-refractivity contribution in [3.05, 3.63) is 18.0 Å². The Morgan fingerprint density at radius 1 is 1.40 bits per heavy atom. The summed E-state index contributed by atoms with van der Waals surface area (Å²) in [6.45, 7) is 0.0884. The number of nitrogen functional groups attached to an aromatic ring is 1. The van der Waals surface area contributed by atoms with Gasteiger partial charge in [-0.15, -0.1) is 0 Å². The fraction of sp³-hybridized carbons (Fsp3) is 0.571. The lowest BCUT2D eigenvalue weighted by Crippen LogP contribution is -2.39. The van der Waals surface area contributed by atoms with Crippen molar-refractivity contribution in [3.63, 3.8) is 0 Å². The molecule has 2 amide bonds. The van der Waals surface area contributed by atoms with E-state index in [1.807, 2.05) is 10.8 Å². The molecule has 0 spiro atoms. The lowest BCUT2D eigenvalue weighted by atomic mass is 10.3. The van der Waals surface area contributed by atoms with Crippen LogP contribution in [0.2, 0.25) is 0 Å². The van der Waals surface area contributed by atoms with Crippen LogP contribution in [-0.2, 0) is 4.79 Å². The van der Waals surface area contributed by atoms with Crippen molar-refractivity contribution in [1.29, 1.82) is 0 Å². The highest BCUT2D eigenvalue weighted by Gasteiger charge is 2.29. The average molecular weight is 276 g/mol. The summed E-state index contributed by atoms with van der Waals surface area (Å²) in [6.07, 6.45) is 6.07. The Kier molecular flexibility index (Phi) is 3.16. The highest BCUT2D eigenvalue weighted by molar-refractivity contribution is 5.96. The van der Waals surface area contributed by atoms with Crippen molar-refractivity contribution in [2.45, 2.75) is 37.8 Å². The smallest absolute Gasteiger partial charge is 0.270 e. The van der Waals surface area contributed by atoms with Gasteiger partial charge < -0.3 is 20.5 Å². The average Bonchev–Trinajstić information content (AvgIpc) is 3.29. The van der Waals surface area contributed by atoms with Gasteiger partial charge in [0.15, 0.2) is 0 Å². The Morgan fingerprint density at radius 3 is 2.70 bits per heavy atom. The van der Waals surface area contributed by atoms with E-state index in [0.29, 0.717) is 23.5 Å². The standard InChI is InChI=1S/C14H20N4O2/c1-17(8-13(19)16-10-2-3-10)14(20)12-6-9(15)7-18(12)11-4-5-11/h6-7,10-11H,2-5,8,15H2,1H3,(H,16,19). The number of amides is 2. The molecule has 0 aliphatic heterocycles. The fourth-order valence-corrected chi connectivity index (χ4v) is 2.31. The van der Waals surface area contributed by atoms with Gasteiger partial charge in [0.2, 0.25) is 5.91 Å². The van der Waals surface area contributed by atoms with Crippen LogP contribution < -0.4 is 11.1 Å². The third-order valence-electron chi connectivity index (χ3n) is 3.70. The molecular formula is C14H20N4O2. The third-order valence-corrected chi connectivity index (χ3v) is 3.70. The molecule has 108 valence electrons. The summed E-state index contributed by atoms with van der Waals surface area (Å²) >= 11 is 0. The highest BCUT2D eigenvalue weighted by Crippen LogP contribution is 2.37. The summed E-state index contributed by atoms with van der Waals surface area (Å²) in [7, 11) is 1.65. The number of hydrogen-bond donors (Lipinski definition) is 2. The maximum Gasteiger partial charge on any atom is 0.270 e. The molecule has 2 saturated carbocycles. The molecule has 0 saturated heterocycles. The minimum absolute atomic E-state index is 0.0884. The molecule has 0 bridgehead atoms. The Bertz CT molecular complexity index is 543. The van der Waals surface area contributed by atoms with Crippen LogP contribution in [0.1, 0.15) is 42.2 Å². The molecule has 1 aromatic rings. The van der Waals surface area contributed by atoms with Crippen molar-refractivity contribution >= 4 is 17.5 Å². The number of carbonyl (C=O) groups is 2. The van der Waals surface area contributed by atoms with Crippen LogP contribution in [0.5, 0.6) is 0 Å². The summed E-state index contributed by atoms with van der Waals surface area (Å²) < 4.78 is 1.94. The van der Waals surface area contributed by atoms with E-state index in [-0.39, 0.29) is 18.4 Å². The van der Waals surface area contributed by atoms with Crippen LogP contribution in [0, 0.1) is 0 Å². The second kappa shape index (κ2) is 4.85. The zero-order chi connectivity index (χ0) is 14.3. The second-order valence-electron chi connectivity index (χ2n) is 5.80. The molecule has 1 aromatic heterocycles. The van der Waals surface area contributed by atoms with Crippen molar-refractivity contribution in [1.82, 2.24) is 14.8 Å². The van der Waals surface area contributed by atoms with Gasteiger partial charge in [-0.2, -0.15) is 0 Å². The quantitative estimate of drug-likeness (QED) is 0.833. The number of rotatable bonds is 5. The SMILES string of the molecule is CN(CC(=O)NC1CC1)C(=O)c1cc(N)cn1C1CC1. The Morgan fingerprint density at radius 2 is 2.10 bits per heavy atom. The normalized spacial score (nSPS) is 17.9. The molecule has 2 aliphatic rings. The predicted octanol–water partition coefficient (Wildman–Crippen LogP) is 0.756. The van der Waals surface area contributed by atoms with Crippen molar-refractivity contribution in [2.24, 2.45) is 0 Å². The third kappa shape index (κ3) is 2.79. The first-order chi connectivity index (χ1) is 9.54. The van der Waals surface area contributed by atoms with Gasteiger partial charge in [0, 0.05) is 25.3 Å². The van der Waals surface area contributed by atoms with Crippen LogP contribution >= 0.6 is 0 Å². The number of nitrogens with one attached hydrogen (secondary N) is 1. The first-order valence-corrected chi connectivity index (χ1v) is 7.07. The van der Waals surface area contributed by atoms with E-state index >= 15 is 0 Å². The largest absolute Gasteiger partial charge is 0.397 e. The Balaban J connectivity index is 1.66. The molecule has 3 N–H and O–H groups in total. The number of anilines is 1. The number of likely N-dealkylation sites (N-methyl/N-ethyl adjacent to an activating group) is 1. The van der Waals surface area contributed by atoms with Crippen LogP contribution in [0.4, 0.5) is 5.69 Å². The molecule has 20 heavy (non-hydrogen) atoms. The number of nitrogens with zero attached hydrogens (tertiary/aromatic N) is 2. The van der Waals surface area contributed by atoms with Crippen molar-refractivity contribution in [3.8, 4) is 0 Å². The van der Waals surface area contributed by atoms with E-state index in [9.17, 15) is 9.59 Å². The number of aromatic nitrogens is 1. The summed E-state index contributed by atoms with van der Waals surface area (Å²) in [5, 5.41) is 2.88. The van der Waals surface area contributed by atoms with E-state index in [1.54, 1.807) is 13.1 Å². The van der Waals surface area contributed by atoms with Crippen LogP contribution in [0.3, 0.4) is 0 Å². The first-order valence-electron chi connectivity index (χ1n) is 7.07. The minimum atomic E-state index is -0.153. The van der Waals surface area contributed by atoms with E-state index < -0.39 is 0 Å². The molecule has 0 aromatic carbocycles. The van der Waals surface area contributed by atoms with Gasteiger partial charge >= 0.3 is 0 Å². The van der Waals surface area contributed by atoms with Crippen LogP contribution in [0.15, 0.2) is 12.3 Å². The molecular weight excluding hydrogens is 256 g/mol. The minimum Gasteiger partial charge on any atom is -0.397 e. The molecule has 2 fully saturated rings. The number of nitrogens with two attached hydrogens (primary N) is 1. The second-order valence-corrected chi connectivity index (χ2v) is 5.80. The lowest BCUT2D eigenvalue weighted by molar-refractivity contribution is -0.121.